The van der Waals surface area contributed by atoms with Gasteiger partial charge in [-0.15, -0.1) is 0 Å². The molecule has 0 unspecified atom stereocenters. The van der Waals surface area contributed by atoms with Crippen molar-refractivity contribution in [3.05, 3.63) is 71.3 Å². The number of primary amides is 1. The number of nitriles is 1. The Hall–Kier alpha value is -3.66. The molecule has 0 spiro atoms. The van der Waals surface area contributed by atoms with Crippen LogP contribution in [-0.4, -0.2) is 29.8 Å². The van der Waals surface area contributed by atoms with Gasteiger partial charge in [0.05, 0.1) is 11.6 Å². The molecule has 0 radical (unpaired) electrons. The van der Waals surface area contributed by atoms with Crippen molar-refractivity contribution in [1.82, 2.24) is 10.6 Å². The molecule has 0 aliphatic carbocycles. The number of nitrogens with two attached hydrogens (primary N) is 1. The van der Waals surface area contributed by atoms with Gasteiger partial charge >= 0.3 is 0 Å². The van der Waals surface area contributed by atoms with E-state index in [9.17, 15) is 14.4 Å². The number of amides is 3. The van der Waals surface area contributed by atoms with Crippen LogP contribution in [0.15, 0.2) is 54.6 Å². The normalized spacial score (nSPS) is 12.3. The molecule has 3 amide bonds. The molecular formula is C21H22N4O3. The number of carbonyl (C=O) groups excluding carboxylic acids is 3. The third-order valence-corrected chi connectivity index (χ3v) is 4.16. The van der Waals surface area contributed by atoms with Gasteiger partial charge in [0, 0.05) is 19.8 Å². The maximum Gasteiger partial charge on any atom is 0.243 e. The minimum absolute atomic E-state index is 0.185. The Bertz CT molecular complexity index is 873. The second-order valence-corrected chi connectivity index (χ2v) is 6.42. The predicted octanol–water partition coefficient (Wildman–Crippen LogP) is 0.818. The van der Waals surface area contributed by atoms with Crippen LogP contribution in [0.3, 0.4) is 0 Å². The molecule has 0 aromatic heterocycles. The van der Waals surface area contributed by atoms with Crippen LogP contribution in [0, 0.1) is 11.3 Å². The Labute approximate surface area is 163 Å². The molecule has 0 heterocycles. The lowest BCUT2D eigenvalue weighted by Crippen LogP contribution is -2.54. The topological polar surface area (TPSA) is 125 Å². The summed E-state index contributed by atoms with van der Waals surface area (Å²) in [6.45, 7) is 1.33. The first-order valence-electron chi connectivity index (χ1n) is 8.79. The van der Waals surface area contributed by atoms with Crippen molar-refractivity contribution in [3.63, 3.8) is 0 Å². The number of hydrogen-bond donors (Lipinski definition) is 3. The molecule has 2 atom stereocenters. The van der Waals surface area contributed by atoms with Crippen molar-refractivity contribution >= 4 is 17.7 Å². The zero-order valence-corrected chi connectivity index (χ0v) is 15.5. The highest BCUT2D eigenvalue weighted by Crippen LogP contribution is 2.08. The largest absolute Gasteiger partial charge is 0.368 e. The van der Waals surface area contributed by atoms with E-state index in [1.165, 1.54) is 6.92 Å². The molecule has 2 aromatic rings. The fraction of sp³-hybridized carbons (Fsp3) is 0.238. The van der Waals surface area contributed by atoms with Crippen LogP contribution in [0.5, 0.6) is 0 Å². The average Bonchev–Trinajstić information content (AvgIpc) is 2.67. The van der Waals surface area contributed by atoms with E-state index in [0.717, 1.165) is 11.1 Å². The minimum atomic E-state index is -0.938. The Morgan fingerprint density at radius 2 is 1.50 bits per heavy atom. The van der Waals surface area contributed by atoms with Gasteiger partial charge < -0.3 is 16.4 Å². The van der Waals surface area contributed by atoms with Gasteiger partial charge in [-0.2, -0.15) is 5.26 Å². The second kappa shape index (κ2) is 9.88. The molecule has 0 aliphatic heterocycles. The summed E-state index contributed by atoms with van der Waals surface area (Å²) in [5, 5.41) is 14.1. The summed E-state index contributed by atoms with van der Waals surface area (Å²) in [5.41, 5.74) is 7.57. The maximum absolute atomic E-state index is 12.7. The summed E-state index contributed by atoms with van der Waals surface area (Å²) in [7, 11) is 0. The van der Waals surface area contributed by atoms with Crippen LogP contribution >= 0.6 is 0 Å². The average molecular weight is 378 g/mol. The zero-order valence-electron chi connectivity index (χ0n) is 15.5. The van der Waals surface area contributed by atoms with Gasteiger partial charge in [-0.25, -0.2) is 0 Å². The molecule has 28 heavy (non-hydrogen) atoms. The van der Waals surface area contributed by atoms with Gasteiger partial charge in [0.1, 0.15) is 12.1 Å². The van der Waals surface area contributed by atoms with Crippen LogP contribution in [0.25, 0.3) is 0 Å². The van der Waals surface area contributed by atoms with E-state index in [1.54, 1.807) is 24.3 Å². The number of benzene rings is 2. The number of nitrogens with one attached hydrogen (secondary N) is 2. The van der Waals surface area contributed by atoms with Crippen molar-refractivity contribution in [3.8, 4) is 6.07 Å². The van der Waals surface area contributed by atoms with Gasteiger partial charge in [-0.3, -0.25) is 14.4 Å². The predicted molar refractivity (Wildman–Crippen MR) is 104 cm³/mol. The summed E-state index contributed by atoms with van der Waals surface area (Å²) < 4.78 is 0. The minimum Gasteiger partial charge on any atom is -0.368 e. The van der Waals surface area contributed by atoms with E-state index in [-0.39, 0.29) is 18.7 Å². The molecular weight excluding hydrogens is 356 g/mol. The molecule has 2 rings (SSSR count). The lowest BCUT2D eigenvalue weighted by molar-refractivity contribution is -0.130. The number of hydrogen-bond acceptors (Lipinski definition) is 4. The highest BCUT2D eigenvalue weighted by atomic mass is 16.2. The summed E-state index contributed by atoms with van der Waals surface area (Å²) in [6, 6.07) is 16.2. The first-order valence-corrected chi connectivity index (χ1v) is 8.79. The highest BCUT2D eigenvalue weighted by molar-refractivity contribution is 5.91. The van der Waals surface area contributed by atoms with Crippen LogP contribution in [0.4, 0.5) is 0 Å². The van der Waals surface area contributed by atoms with E-state index in [1.807, 2.05) is 36.4 Å². The van der Waals surface area contributed by atoms with Crippen molar-refractivity contribution in [1.29, 1.82) is 5.26 Å². The van der Waals surface area contributed by atoms with E-state index in [0.29, 0.717) is 5.56 Å². The van der Waals surface area contributed by atoms with Crippen LogP contribution < -0.4 is 16.4 Å². The highest BCUT2D eigenvalue weighted by Gasteiger charge is 2.25. The van der Waals surface area contributed by atoms with E-state index >= 15 is 0 Å². The Balaban J connectivity index is 2.11. The van der Waals surface area contributed by atoms with Gasteiger partial charge in [0.25, 0.3) is 0 Å². The second-order valence-electron chi connectivity index (χ2n) is 6.42. The molecule has 7 heteroatoms. The Kier molecular flexibility index (Phi) is 7.28. The molecule has 0 saturated carbocycles. The fourth-order valence-electron chi connectivity index (χ4n) is 2.75. The third-order valence-electron chi connectivity index (χ3n) is 4.16. The Morgan fingerprint density at radius 3 is 2.04 bits per heavy atom. The SMILES string of the molecule is CC(=O)N[C@H](Cc1ccccc1)C(=O)N[C@@H](Cc1ccc(C#N)cc1)C(N)=O. The molecule has 0 fully saturated rings. The lowest BCUT2D eigenvalue weighted by Gasteiger charge is -2.22. The van der Waals surface area contributed by atoms with E-state index in [2.05, 4.69) is 10.6 Å². The first-order chi connectivity index (χ1) is 13.4. The molecule has 0 aliphatic rings. The smallest absolute Gasteiger partial charge is 0.243 e. The molecule has 2 aromatic carbocycles. The van der Waals surface area contributed by atoms with Gasteiger partial charge in [-0.1, -0.05) is 42.5 Å². The summed E-state index contributed by atoms with van der Waals surface area (Å²) >= 11 is 0. The number of carbonyl (C=O) groups is 3. The fourth-order valence-corrected chi connectivity index (χ4v) is 2.75. The van der Waals surface area contributed by atoms with Crippen molar-refractivity contribution < 1.29 is 14.4 Å². The Morgan fingerprint density at radius 1 is 0.929 bits per heavy atom. The van der Waals surface area contributed by atoms with Gasteiger partial charge in [0.15, 0.2) is 0 Å². The van der Waals surface area contributed by atoms with E-state index < -0.39 is 23.9 Å². The summed E-state index contributed by atoms with van der Waals surface area (Å²) in [5.74, 6) is -1.52. The molecule has 0 bridgehead atoms. The van der Waals surface area contributed by atoms with Crippen molar-refractivity contribution in [2.45, 2.75) is 31.8 Å². The summed E-state index contributed by atoms with van der Waals surface area (Å²) in [4.78, 5) is 36.1. The quantitative estimate of drug-likeness (QED) is 0.629. The number of rotatable bonds is 8. The molecule has 0 saturated heterocycles. The standard InChI is InChI=1S/C21H22N4O3/c1-14(26)24-19(12-15-5-3-2-4-6-15)21(28)25-18(20(23)27)11-16-7-9-17(13-22)10-8-16/h2-10,18-19H,11-12H2,1H3,(H2,23,27)(H,24,26)(H,25,28)/t18-,19+/m0/s1. The zero-order chi connectivity index (χ0) is 20.5. The first kappa shape index (κ1) is 20.6. The lowest BCUT2D eigenvalue weighted by atomic mass is 10.0. The third kappa shape index (κ3) is 6.25. The maximum atomic E-state index is 12.7. The van der Waals surface area contributed by atoms with Crippen molar-refractivity contribution in [2.75, 3.05) is 0 Å². The number of nitrogens with zero attached hydrogens (tertiary/aromatic N) is 1. The van der Waals surface area contributed by atoms with Crippen LogP contribution in [-0.2, 0) is 27.2 Å². The van der Waals surface area contributed by atoms with Gasteiger partial charge in [0.2, 0.25) is 17.7 Å². The molecule has 4 N–H and O–H groups in total. The van der Waals surface area contributed by atoms with E-state index in [4.69, 9.17) is 11.0 Å². The molecule has 7 nitrogen and oxygen atoms in total. The molecule has 144 valence electrons. The summed E-state index contributed by atoms with van der Waals surface area (Å²) in [6.07, 6.45) is 0.472. The van der Waals surface area contributed by atoms with Crippen LogP contribution in [0.2, 0.25) is 0 Å². The van der Waals surface area contributed by atoms with Crippen molar-refractivity contribution in [2.24, 2.45) is 5.73 Å². The van der Waals surface area contributed by atoms with Crippen LogP contribution in [0.1, 0.15) is 23.6 Å². The monoisotopic (exact) mass is 378 g/mol. The van der Waals surface area contributed by atoms with Gasteiger partial charge in [-0.05, 0) is 23.3 Å².